The van der Waals surface area contributed by atoms with E-state index in [0.29, 0.717) is 0 Å². The molecule has 66 valence electrons. The van der Waals surface area contributed by atoms with Crippen molar-refractivity contribution in [2.75, 3.05) is 0 Å². The highest BCUT2D eigenvalue weighted by Gasteiger charge is 1.99. The maximum Gasteiger partial charge on any atom is 0.136 e. The molecule has 4 nitrogen and oxygen atoms in total. The van der Waals surface area contributed by atoms with E-state index in [4.69, 9.17) is 5.11 Å². The quantitative estimate of drug-likeness (QED) is 0.737. The minimum absolute atomic E-state index is 0.0922. The Morgan fingerprint density at radius 1 is 1.23 bits per heavy atom. The molecule has 0 aliphatic heterocycles. The molecule has 0 saturated carbocycles. The number of pyridine rings is 1. The van der Waals surface area contributed by atoms with Crippen LogP contribution in [0.4, 0.5) is 0 Å². The summed E-state index contributed by atoms with van der Waals surface area (Å²) in [6, 6.07) is 5.61. The van der Waals surface area contributed by atoms with Gasteiger partial charge in [0, 0.05) is 24.2 Å². The standard InChI is InChI=1S/C9H9N3O/c13-7-12-6-3-9(11-12)8-1-4-10-5-2-8/h1-6,13H,7H2. The molecule has 0 unspecified atom stereocenters. The molecule has 2 heterocycles. The van der Waals surface area contributed by atoms with Crippen molar-refractivity contribution in [3.63, 3.8) is 0 Å². The molecule has 0 fully saturated rings. The van der Waals surface area contributed by atoms with Gasteiger partial charge in [0.15, 0.2) is 0 Å². The van der Waals surface area contributed by atoms with Crippen molar-refractivity contribution in [2.45, 2.75) is 6.73 Å². The van der Waals surface area contributed by atoms with E-state index in [2.05, 4.69) is 10.1 Å². The van der Waals surface area contributed by atoms with E-state index in [-0.39, 0.29) is 6.73 Å². The summed E-state index contributed by atoms with van der Waals surface area (Å²) in [5, 5.41) is 12.9. The largest absolute Gasteiger partial charge is 0.374 e. The van der Waals surface area contributed by atoms with Crippen molar-refractivity contribution in [1.29, 1.82) is 0 Å². The average Bonchev–Trinajstić information content (AvgIpc) is 2.67. The molecule has 2 aromatic rings. The van der Waals surface area contributed by atoms with Gasteiger partial charge in [-0.3, -0.25) is 4.98 Å². The fraction of sp³-hybridized carbons (Fsp3) is 0.111. The zero-order chi connectivity index (χ0) is 9.10. The van der Waals surface area contributed by atoms with Crippen LogP contribution in [-0.2, 0) is 6.73 Å². The molecule has 0 aromatic carbocycles. The van der Waals surface area contributed by atoms with Gasteiger partial charge in [0.25, 0.3) is 0 Å². The Kier molecular flexibility index (Phi) is 2.06. The lowest BCUT2D eigenvalue weighted by atomic mass is 10.2. The number of rotatable bonds is 2. The van der Waals surface area contributed by atoms with Crippen LogP contribution in [0.3, 0.4) is 0 Å². The summed E-state index contributed by atoms with van der Waals surface area (Å²) in [5.41, 5.74) is 1.85. The Morgan fingerprint density at radius 3 is 2.62 bits per heavy atom. The zero-order valence-corrected chi connectivity index (χ0v) is 6.96. The van der Waals surface area contributed by atoms with Gasteiger partial charge in [-0.05, 0) is 18.2 Å². The lowest BCUT2D eigenvalue weighted by Gasteiger charge is -1.94. The molecule has 0 bridgehead atoms. The molecule has 4 heteroatoms. The molecular formula is C9H9N3O. The molecule has 0 aliphatic carbocycles. The Balaban J connectivity index is 2.36. The van der Waals surface area contributed by atoms with E-state index in [0.717, 1.165) is 11.3 Å². The molecule has 2 aromatic heterocycles. The van der Waals surface area contributed by atoms with Gasteiger partial charge in [-0.1, -0.05) is 0 Å². The van der Waals surface area contributed by atoms with E-state index < -0.39 is 0 Å². The van der Waals surface area contributed by atoms with E-state index in [1.807, 2.05) is 18.2 Å². The smallest absolute Gasteiger partial charge is 0.136 e. The molecule has 1 N–H and O–H groups in total. The van der Waals surface area contributed by atoms with Gasteiger partial charge in [0.1, 0.15) is 6.73 Å². The third kappa shape index (κ3) is 1.57. The van der Waals surface area contributed by atoms with Gasteiger partial charge in [-0.15, -0.1) is 0 Å². The van der Waals surface area contributed by atoms with Crippen LogP contribution in [0.5, 0.6) is 0 Å². The number of aromatic nitrogens is 3. The van der Waals surface area contributed by atoms with E-state index in [1.54, 1.807) is 18.6 Å². The maximum absolute atomic E-state index is 8.79. The summed E-state index contributed by atoms with van der Waals surface area (Å²) >= 11 is 0. The molecule has 0 amide bonds. The van der Waals surface area contributed by atoms with Gasteiger partial charge in [0.05, 0.1) is 5.69 Å². The Bertz CT molecular complexity index is 383. The minimum atomic E-state index is -0.0922. The predicted molar refractivity (Wildman–Crippen MR) is 47.7 cm³/mol. The van der Waals surface area contributed by atoms with Crippen LogP contribution < -0.4 is 0 Å². The molecule has 2 rings (SSSR count). The monoisotopic (exact) mass is 175 g/mol. The molecule has 0 atom stereocenters. The molecule has 0 saturated heterocycles. The first kappa shape index (κ1) is 7.94. The summed E-state index contributed by atoms with van der Waals surface area (Å²) in [6.45, 7) is -0.0922. The summed E-state index contributed by atoms with van der Waals surface area (Å²) in [7, 11) is 0. The third-order valence-electron chi connectivity index (χ3n) is 1.76. The lowest BCUT2D eigenvalue weighted by Crippen LogP contribution is -1.96. The van der Waals surface area contributed by atoms with Crippen LogP contribution in [0, 0.1) is 0 Å². The predicted octanol–water partition coefficient (Wildman–Crippen LogP) is 0.895. The van der Waals surface area contributed by atoms with Crippen molar-refractivity contribution >= 4 is 0 Å². The topological polar surface area (TPSA) is 50.9 Å². The van der Waals surface area contributed by atoms with Crippen molar-refractivity contribution in [3.05, 3.63) is 36.8 Å². The number of aliphatic hydroxyl groups is 1. The van der Waals surface area contributed by atoms with Crippen molar-refractivity contribution in [1.82, 2.24) is 14.8 Å². The maximum atomic E-state index is 8.79. The lowest BCUT2D eigenvalue weighted by molar-refractivity contribution is 0.195. The van der Waals surface area contributed by atoms with E-state index in [1.165, 1.54) is 4.68 Å². The molecule has 13 heavy (non-hydrogen) atoms. The number of hydrogen-bond acceptors (Lipinski definition) is 3. The molecular weight excluding hydrogens is 166 g/mol. The van der Waals surface area contributed by atoms with Crippen molar-refractivity contribution in [2.24, 2.45) is 0 Å². The Labute approximate surface area is 75.5 Å². The number of aliphatic hydroxyl groups excluding tert-OH is 1. The highest BCUT2D eigenvalue weighted by atomic mass is 16.3. The normalized spacial score (nSPS) is 10.2. The summed E-state index contributed by atoms with van der Waals surface area (Å²) in [4.78, 5) is 3.91. The summed E-state index contributed by atoms with van der Waals surface area (Å²) < 4.78 is 1.47. The first-order valence-corrected chi connectivity index (χ1v) is 3.95. The van der Waals surface area contributed by atoms with Gasteiger partial charge >= 0.3 is 0 Å². The Hall–Kier alpha value is -1.68. The summed E-state index contributed by atoms with van der Waals surface area (Å²) in [5.74, 6) is 0. The second-order valence-electron chi connectivity index (χ2n) is 2.62. The first-order chi connectivity index (χ1) is 6.40. The van der Waals surface area contributed by atoms with Crippen LogP contribution in [0.1, 0.15) is 0 Å². The van der Waals surface area contributed by atoms with Crippen LogP contribution in [0.25, 0.3) is 11.3 Å². The van der Waals surface area contributed by atoms with E-state index in [9.17, 15) is 0 Å². The fourth-order valence-corrected chi connectivity index (χ4v) is 1.12. The Morgan fingerprint density at radius 2 is 2.00 bits per heavy atom. The van der Waals surface area contributed by atoms with Crippen molar-refractivity contribution in [3.8, 4) is 11.3 Å². The van der Waals surface area contributed by atoms with Gasteiger partial charge in [0.2, 0.25) is 0 Å². The average molecular weight is 175 g/mol. The summed E-state index contributed by atoms with van der Waals surface area (Å²) in [6.07, 6.45) is 5.16. The highest BCUT2D eigenvalue weighted by molar-refractivity contribution is 5.57. The van der Waals surface area contributed by atoms with Gasteiger partial charge < -0.3 is 5.11 Å². The second kappa shape index (κ2) is 3.37. The molecule has 0 spiro atoms. The first-order valence-electron chi connectivity index (χ1n) is 3.95. The highest BCUT2D eigenvalue weighted by Crippen LogP contribution is 2.14. The van der Waals surface area contributed by atoms with E-state index >= 15 is 0 Å². The van der Waals surface area contributed by atoms with Crippen LogP contribution in [0.2, 0.25) is 0 Å². The van der Waals surface area contributed by atoms with Crippen LogP contribution >= 0.6 is 0 Å². The van der Waals surface area contributed by atoms with Gasteiger partial charge in [-0.2, -0.15) is 5.10 Å². The SMILES string of the molecule is OCn1ccc(-c2ccncc2)n1. The minimum Gasteiger partial charge on any atom is -0.374 e. The second-order valence-corrected chi connectivity index (χ2v) is 2.62. The zero-order valence-electron chi connectivity index (χ0n) is 6.96. The molecule has 0 aliphatic rings. The van der Waals surface area contributed by atoms with Gasteiger partial charge in [-0.25, -0.2) is 4.68 Å². The van der Waals surface area contributed by atoms with Crippen molar-refractivity contribution < 1.29 is 5.11 Å². The number of hydrogen-bond donors (Lipinski definition) is 1. The number of nitrogens with zero attached hydrogens (tertiary/aromatic N) is 3. The fourth-order valence-electron chi connectivity index (χ4n) is 1.12. The van der Waals surface area contributed by atoms with Crippen LogP contribution in [-0.4, -0.2) is 19.9 Å². The molecule has 0 radical (unpaired) electrons. The third-order valence-corrected chi connectivity index (χ3v) is 1.76. The van der Waals surface area contributed by atoms with Crippen LogP contribution in [0.15, 0.2) is 36.8 Å².